The number of hydrogen-bond acceptors (Lipinski definition) is 5. The van der Waals surface area contributed by atoms with Crippen molar-refractivity contribution in [3.05, 3.63) is 81.8 Å². The number of benzene rings is 3. The normalized spacial score (nSPS) is 11.7. The second-order valence-electron chi connectivity index (χ2n) is 7.89. The number of carbonyl (C=O) groups is 1. The standard InChI is InChI=1S/C23H23Cl2N3O5S2/c1-15-4-9-22(16(2)10-15)27-35(32,33)21-7-5-19(6-8-21)26-23(29)14-28(34(3,30)31)20-12-17(24)11-18(25)13-20/h4-13,27H,14H2,1-3H3,(H,26,29). The van der Waals surface area contributed by atoms with Gasteiger partial charge < -0.3 is 5.32 Å². The lowest BCUT2D eigenvalue weighted by Crippen LogP contribution is -2.37. The smallest absolute Gasteiger partial charge is 0.261 e. The average Bonchev–Trinajstić information content (AvgIpc) is 2.73. The number of rotatable bonds is 8. The Labute approximate surface area is 215 Å². The molecule has 186 valence electrons. The van der Waals surface area contributed by atoms with Gasteiger partial charge in [-0.15, -0.1) is 0 Å². The van der Waals surface area contributed by atoms with Crippen molar-refractivity contribution in [1.82, 2.24) is 0 Å². The number of hydrogen-bond donors (Lipinski definition) is 2. The predicted molar refractivity (Wildman–Crippen MR) is 140 cm³/mol. The summed E-state index contributed by atoms with van der Waals surface area (Å²) in [5.74, 6) is -0.643. The average molecular weight is 556 g/mol. The van der Waals surface area contributed by atoms with E-state index in [9.17, 15) is 21.6 Å². The van der Waals surface area contributed by atoms with Crippen LogP contribution in [-0.4, -0.2) is 35.5 Å². The molecule has 3 aromatic carbocycles. The molecule has 0 atom stereocenters. The fraction of sp³-hybridized carbons (Fsp3) is 0.174. The summed E-state index contributed by atoms with van der Waals surface area (Å²) in [5, 5.41) is 2.99. The van der Waals surface area contributed by atoms with Gasteiger partial charge in [-0.2, -0.15) is 0 Å². The van der Waals surface area contributed by atoms with E-state index in [1.54, 1.807) is 19.1 Å². The minimum atomic E-state index is -3.85. The van der Waals surface area contributed by atoms with Crippen molar-refractivity contribution in [2.45, 2.75) is 18.7 Å². The Hall–Kier alpha value is -2.79. The van der Waals surface area contributed by atoms with Crippen LogP contribution in [0.5, 0.6) is 0 Å². The summed E-state index contributed by atoms with van der Waals surface area (Å²) < 4.78 is 53.5. The van der Waals surface area contributed by atoms with Crippen LogP contribution in [0.2, 0.25) is 10.0 Å². The lowest BCUT2D eigenvalue weighted by molar-refractivity contribution is -0.114. The van der Waals surface area contributed by atoms with Crippen LogP contribution in [0.15, 0.2) is 65.6 Å². The number of nitrogens with zero attached hydrogens (tertiary/aromatic N) is 1. The fourth-order valence-corrected chi connectivity index (χ4v) is 5.75. The maximum atomic E-state index is 12.7. The molecular weight excluding hydrogens is 533 g/mol. The molecule has 0 aliphatic heterocycles. The zero-order chi connectivity index (χ0) is 26.0. The van der Waals surface area contributed by atoms with E-state index < -0.39 is 32.5 Å². The van der Waals surface area contributed by atoms with Gasteiger partial charge in [-0.05, 0) is 67.9 Å². The van der Waals surface area contributed by atoms with E-state index >= 15 is 0 Å². The van der Waals surface area contributed by atoms with Crippen LogP contribution in [0.1, 0.15) is 11.1 Å². The van der Waals surface area contributed by atoms with Gasteiger partial charge in [0.2, 0.25) is 15.9 Å². The van der Waals surface area contributed by atoms with Crippen LogP contribution in [0.25, 0.3) is 0 Å². The van der Waals surface area contributed by atoms with Gasteiger partial charge in [0.15, 0.2) is 0 Å². The molecule has 0 saturated heterocycles. The second-order valence-corrected chi connectivity index (χ2v) is 12.4. The van der Waals surface area contributed by atoms with Gasteiger partial charge in [-0.25, -0.2) is 16.8 Å². The van der Waals surface area contributed by atoms with Crippen molar-refractivity contribution in [2.75, 3.05) is 27.1 Å². The summed E-state index contributed by atoms with van der Waals surface area (Å²) in [4.78, 5) is 12.6. The molecule has 3 aromatic rings. The van der Waals surface area contributed by atoms with E-state index in [1.165, 1.54) is 42.5 Å². The van der Waals surface area contributed by atoms with E-state index in [-0.39, 0.29) is 26.3 Å². The number of nitrogens with one attached hydrogen (secondary N) is 2. The first-order valence-electron chi connectivity index (χ1n) is 10.2. The third-order valence-electron chi connectivity index (χ3n) is 4.90. The molecule has 0 aliphatic carbocycles. The third kappa shape index (κ3) is 7.11. The van der Waals surface area contributed by atoms with Crippen LogP contribution in [0, 0.1) is 13.8 Å². The molecule has 0 radical (unpaired) electrons. The van der Waals surface area contributed by atoms with Gasteiger partial charge >= 0.3 is 0 Å². The Morgan fingerprint density at radius 2 is 1.49 bits per heavy atom. The molecule has 8 nitrogen and oxygen atoms in total. The van der Waals surface area contributed by atoms with Crippen LogP contribution in [0.4, 0.5) is 17.1 Å². The van der Waals surface area contributed by atoms with Crippen molar-refractivity contribution in [1.29, 1.82) is 0 Å². The summed E-state index contributed by atoms with van der Waals surface area (Å²) in [7, 11) is -7.69. The van der Waals surface area contributed by atoms with Crippen LogP contribution in [-0.2, 0) is 24.8 Å². The van der Waals surface area contributed by atoms with Gasteiger partial charge in [-0.3, -0.25) is 13.8 Å². The van der Waals surface area contributed by atoms with Crippen LogP contribution < -0.4 is 14.3 Å². The van der Waals surface area contributed by atoms with Gasteiger partial charge in [0, 0.05) is 15.7 Å². The highest BCUT2D eigenvalue weighted by Gasteiger charge is 2.22. The topological polar surface area (TPSA) is 113 Å². The number of aryl methyl sites for hydroxylation is 2. The maximum absolute atomic E-state index is 12.7. The zero-order valence-corrected chi connectivity index (χ0v) is 22.2. The summed E-state index contributed by atoms with van der Waals surface area (Å²) in [6, 6.07) is 15.1. The van der Waals surface area contributed by atoms with Gasteiger partial charge in [0.25, 0.3) is 10.0 Å². The van der Waals surface area contributed by atoms with Gasteiger partial charge in [0.1, 0.15) is 6.54 Å². The Balaban J connectivity index is 1.74. The highest BCUT2D eigenvalue weighted by atomic mass is 35.5. The molecule has 0 unspecified atom stereocenters. The summed E-state index contributed by atoms with van der Waals surface area (Å²) >= 11 is 11.9. The van der Waals surface area contributed by atoms with Crippen LogP contribution >= 0.6 is 23.2 Å². The van der Waals surface area contributed by atoms with Crippen molar-refractivity contribution in [3.8, 4) is 0 Å². The third-order valence-corrected chi connectivity index (χ3v) is 7.86. The molecule has 0 bridgehead atoms. The Kier molecular flexibility index (Phi) is 8.00. The molecule has 35 heavy (non-hydrogen) atoms. The number of sulfonamides is 2. The summed E-state index contributed by atoms with van der Waals surface area (Å²) in [6.45, 7) is 3.18. The first-order valence-corrected chi connectivity index (χ1v) is 14.3. The molecule has 3 rings (SSSR count). The molecule has 0 saturated carbocycles. The second kappa shape index (κ2) is 10.4. The molecule has 0 heterocycles. The highest BCUT2D eigenvalue weighted by Crippen LogP contribution is 2.27. The molecule has 0 aromatic heterocycles. The van der Waals surface area contributed by atoms with Crippen molar-refractivity contribution in [3.63, 3.8) is 0 Å². The first kappa shape index (κ1) is 26.8. The number of halogens is 2. The van der Waals surface area contributed by atoms with Crippen LogP contribution in [0.3, 0.4) is 0 Å². The minimum absolute atomic E-state index is 0.00167. The molecule has 0 fully saturated rings. The number of carbonyl (C=O) groups excluding carboxylic acids is 1. The van der Waals surface area contributed by atoms with E-state index in [4.69, 9.17) is 23.2 Å². The molecule has 1 amide bonds. The maximum Gasteiger partial charge on any atom is 0.261 e. The van der Waals surface area contributed by atoms with E-state index in [2.05, 4.69) is 10.0 Å². The molecule has 0 spiro atoms. The SMILES string of the molecule is Cc1ccc(NS(=O)(=O)c2ccc(NC(=O)CN(c3cc(Cl)cc(Cl)c3)S(C)(=O)=O)cc2)c(C)c1. The molecule has 2 N–H and O–H groups in total. The van der Waals surface area contributed by atoms with E-state index in [0.29, 0.717) is 5.69 Å². The van der Waals surface area contributed by atoms with Gasteiger partial charge in [0.05, 0.1) is 22.5 Å². The fourth-order valence-electron chi connectivity index (χ4n) is 3.26. The van der Waals surface area contributed by atoms with E-state index in [1.807, 2.05) is 13.0 Å². The lowest BCUT2D eigenvalue weighted by Gasteiger charge is -2.22. The number of anilines is 3. The monoisotopic (exact) mass is 555 g/mol. The van der Waals surface area contributed by atoms with E-state index in [0.717, 1.165) is 21.7 Å². The first-order chi connectivity index (χ1) is 16.2. The molecular formula is C23H23Cl2N3O5S2. The Morgan fingerprint density at radius 1 is 0.886 bits per heavy atom. The largest absolute Gasteiger partial charge is 0.325 e. The Bertz CT molecular complexity index is 1460. The van der Waals surface area contributed by atoms with Crippen molar-refractivity contribution < 1.29 is 21.6 Å². The number of amides is 1. The lowest BCUT2D eigenvalue weighted by atomic mass is 10.1. The minimum Gasteiger partial charge on any atom is -0.325 e. The molecule has 12 heteroatoms. The highest BCUT2D eigenvalue weighted by molar-refractivity contribution is 7.92. The Morgan fingerprint density at radius 3 is 2.03 bits per heavy atom. The molecule has 0 aliphatic rings. The predicted octanol–water partition coefficient (Wildman–Crippen LogP) is 4.82. The zero-order valence-electron chi connectivity index (χ0n) is 19.0. The van der Waals surface area contributed by atoms with Crippen molar-refractivity contribution in [2.24, 2.45) is 0 Å². The summed E-state index contributed by atoms with van der Waals surface area (Å²) in [6.07, 6.45) is 0.956. The van der Waals surface area contributed by atoms with Gasteiger partial charge in [-0.1, -0.05) is 40.9 Å². The summed E-state index contributed by atoms with van der Waals surface area (Å²) in [5.41, 5.74) is 2.69. The van der Waals surface area contributed by atoms with Crippen molar-refractivity contribution >= 4 is 66.2 Å². The quantitative estimate of drug-likeness (QED) is 0.413.